The minimum atomic E-state index is 0.0293. The lowest BCUT2D eigenvalue weighted by molar-refractivity contribution is -0.125. The molecule has 0 aromatic heterocycles. The van der Waals surface area contributed by atoms with Crippen LogP contribution in [0.5, 0.6) is 5.75 Å². The first kappa shape index (κ1) is 13.9. The van der Waals surface area contributed by atoms with E-state index < -0.39 is 0 Å². The topological polar surface area (TPSA) is 38.3 Å². The van der Waals surface area contributed by atoms with Crippen molar-refractivity contribution in [2.75, 3.05) is 7.11 Å². The van der Waals surface area contributed by atoms with E-state index in [-0.39, 0.29) is 17.9 Å². The number of hydrogen-bond donors (Lipinski definition) is 1. The molecule has 0 bridgehead atoms. The summed E-state index contributed by atoms with van der Waals surface area (Å²) in [4.78, 5) is 12.3. The molecule has 3 unspecified atom stereocenters. The summed E-state index contributed by atoms with van der Waals surface area (Å²) < 4.78 is 6.14. The van der Waals surface area contributed by atoms with Crippen molar-refractivity contribution in [2.45, 2.75) is 32.2 Å². The molecule has 0 radical (unpaired) electrons. The lowest BCUT2D eigenvalue weighted by atomic mass is 10.0. The van der Waals surface area contributed by atoms with Gasteiger partial charge in [0.1, 0.15) is 5.75 Å². The molecule has 0 spiro atoms. The van der Waals surface area contributed by atoms with E-state index in [1.54, 1.807) is 7.11 Å². The first-order valence-electron chi connectivity index (χ1n) is 7.22. The van der Waals surface area contributed by atoms with Gasteiger partial charge in [-0.3, -0.25) is 4.79 Å². The summed E-state index contributed by atoms with van der Waals surface area (Å²) in [7, 11) is 1.65. The summed E-state index contributed by atoms with van der Waals surface area (Å²) in [6.07, 6.45) is 3.54. The number of rotatable bonds is 4. The van der Waals surface area contributed by atoms with Gasteiger partial charge in [0.05, 0.1) is 17.6 Å². The van der Waals surface area contributed by atoms with Crippen molar-refractivity contribution >= 4 is 21.8 Å². The SMILES string of the molecule is COc1ccc(C(C)NC(=O)C2CC3CC3C2)cc1Br. The molecular weight excluding hydrogens is 318 g/mol. The molecule has 1 aromatic carbocycles. The Morgan fingerprint density at radius 3 is 2.65 bits per heavy atom. The summed E-state index contributed by atoms with van der Waals surface area (Å²) in [5, 5.41) is 3.14. The molecule has 20 heavy (non-hydrogen) atoms. The summed E-state index contributed by atoms with van der Waals surface area (Å²) in [6, 6.07) is 5.96. The highest BCUT2D eigenvalue weighted by Gasteiger charge is 2.48. The molecule has 3 rings (SSSR count). The van der Waals surface area contributed by atoms with Crippen LogP contribution in [0.1, 0.15) is 37.8 Å². The van der Waals surface area contributed by atoms with Crippen molar-refractivity contribution in [3.05, 3.63) is 28.2 Å². The number of hydrogen-bond acceptors (Lipinski definition) is 2. The van der Waals surface area contributed by atoms with Gasteiger partial charge >= 0.3 is 0 Å². The first-order chi connectivity index (χ1) is 9.58. The Bertz CT molecular complexity index is 521. The smallest absolute Gasteiger partial charge is 0.223 e. The first-order valence-corrected chi connectivity index (χ1v) is 8.01. The van der Waals surface area contributed by atoms with Crippen LogP contribution in [0.2, 0.25) is 0 Å². The van der Waals surface area contributed by atoms with Crippen molar-refractivity contribution in [1.29, 1.82) is 0 Å². The lowest BCUT2D eigenvalue weighted by Gasteiger charge is -2.19. The van der Waals surface area contributed by atoms with Crippen molar-refractivity contribution in [3.8, 4) is 5.75 Å². The van der Waals surface area contributed by atoms with Crippen LogP contribution in [0.25, 0.3) is 0 Å². The number of fused-ring (bicyclic) bond motifs is 1. The van der Waals surface area contributed by atoms with Gasteiger partial charge in [-0.2, -0.15) is 0 Å². The fourth-order valence-corrected chi connectivity index (χ4v) is 3.85. The average molecular weight is 338 g/mol. The van der Waals surface area contributed by atoms with E-state index in [9.17, 15) is 4.79 Å². The molecule has 2 aliphatic rings. The Hall–Kier alpha value is -1.03. The molecule has 0 saturated heterocycles. The Morgan fingerprint density at radius 2 is 2.05 bits per heavy atom. The predicted octanol–water partition coefficient (Wildman–Crippen LogP) is 3.68. The molecule has 0 heterocycles. The number of halogens is 1. The van der Waals surface area contributed by atoms with E-state index in [0.29, 0.717) is 0 Å². The molecule has 2 aliphatic carbocycles. The van der Waals surface area contributed by atoms with E-state index >= 15 is 0 Å². The second kappa shape index (κ2) is 5.40. The highest BCUT2D eigenvalue weighted by molar-refractivity contribution is 9.10. The largest absolute Gasteiger partial charge is 0.496 e. The molecule has 1 aromatic rings. The zero-order valence-electron chi connectivity index (χ0n) is 11.9. The number of nitrogens with one attached hydrogen (secondary N) is 1. The fraction of sp³-hybridized carbons (Fsp3) is 0.562. The third-order valence-electron chi connectivity index (χ3n) is 4.65. The normalized spacial score (nSPS) is 28.6. The summed E-state index contributed by atoms with van der Waals surface area (Å²) in [6.45, 7) is 2.03. The van der Waals surface area contributed by atoms with Gasteiger partial charge < -0.3 is 10.1 Å². The molecule has 3 atom stereocenters. The van der Waals surface area contributed by atoms with E-state index in [4.69, 9.17) is 4.74 Å². The predicted molar refractivity (Wildman–Crippen MR) is 81.6 cm³/mol. The van der Waals surface area contributed by atoms with Gasteiger partial charge in [-0.05, 0) is 71.6 Å². The summed E-state index contributed by atoms with van der Waals surface area (Å²) >= 11 is 3.48. The number of methoxy groups -OCH3 is 1. The Balaban J connectivity index is 1.62. The van der Waals surface area contributed by atoms with Crippen LogP contribution in [0.15, 0.2) is 22.7 Å². The van der Waals surface area contributed by atoms with Crippen LogP contribution in [-0.2, 0) is 4.79 Å². The zero-order valence-corrected chi connectivity index (χ0v) is 13.4. The van der Waals surface area contributed by atoms with Gasteiger partial charge in [0.15, 0.2) is 0 Å². The maximum atomic E-state index is 12.3. The van der Waals surface area contributed by atoms with Crippen LogP contribution in [0.4, 0.5) is 0 Å². The number of ether oxygens (including phenoxy) is 1. The minimum Gasteiger partial charge on any atom is -0.496 e. The van der Waals surface area contributed by atoms with Crippen molar-refractivity contribution in [3.63, 3.8) is 0 Å². The molecule has 1 amide bonds. The molecule has 1 N–H and O–H groups in total. The van der Waals surface area contributed by atoms with Gasteiger partial charge in [-0.25, -0.2) is 0 Å². The molecule has 0 aliphatic heterocycles. The van der Waals surface area contributed by atoms with Crippen LogP contribution in [0, 0.1) is 17.8 Å². The van der Waals surface area contributed by atoms with Crippen LogP contribution < -0.4 is 10.1 Å². The second-order valence-electron chi connectivity index (χ2n) is 6.05. The van der Waals surface area contributed by atoms with Crippen LogP contribution in [0.3, 0.4) is 0 Å². The van der Waals surface area contributed by atoms with E-state index in [1.165, 1.54) is 6.42 Å². The Morgan fingerprint density at radius 1 is 1.35 bits per heavy atom. The van der Waals surface area contributed by atoms with Crippen LogP contribution >= 0.6 is 15.9 Å². The molecule has 4 heteroatoms. The van der Waals surface area contributed by atoms with Gasteiger partial charge in [0.25, 0.3) is 0 Å². The number of benzene rings is 1. The highest BCUT2D eigenvalue weighted by atomic mass is 79.9. The van der Waals surface area contributed by atoms with Gasteiger partial charge in [-0.15, -0.1) is 0 Å². The van der Waals surface area contributed by atoms with Gasteiger partial charge in [-0.1, -0.05) is 6.07 Å². The molecular formula is C16H20BrNO2. The number of carbonyl (C=O) groups excluding carboxylic acids is 1. The molecule has 108 valence electrons. The van der Waals surface area contributed by atoms with Gasteiger partial charge in [0, 0.05) is 5.92 Å². The standard InChI is InChI=1S/C16H20BrNO2/c1-9(10-3-4-15(20-2)14(17)8-10)18-16(19)13-6-11-5-12(11)7-13/h3-4,8-9,11-13H,5-7H2,1-2H3,(H,18,19). The number of carbonyl (C=O) groups is 1. The van der Waals surface area contributed by atoms with E-state index in [2.05, 4.69) is 21.2 Å². The van der Waals surface area contributed by atoms with Crippen molar-refractivity contribution in [1.82, 2.24) is 5.32 Å². The third-order valence-corrected chi connectivity index (χ3v) is 5.27. The second-order valence-corrected chi connectivity index (χ2v) is 6.90. The maximum absolute atomic E-state index is 12.3. The Kier molecular flexibility index (Phi) is 3.76. The minimum absolute atomic E-state index is 0.0293. The van der Waals surface area contributed by atoms with Crippen molar-refractivity contribution in [2.24, 2.45) is 17.8 Å². The van der Waals surface area contributed by atoms with E-state index in [1.807, 2.05) is 25.1 Å². The Labute approximate surface area is 128 Å². The lowest BCUT2D eigenvalue weighted by Crippen LogP contribution is -2.32. The highest BCUT2D eigenvalue weighted by Crippen LogP contribution is 2.54. The zero-order chi connectivity index (χ0) is 14.3. The average Bonchev–Trinajstić information content (AvgIpc) is 3.04. The van der Waals surface area contributed by atoms with Crippen molar-refractivity contribution < 1.29 is 9.53 Å². The summed E-state index contributed by atoms with van der Waals surface area (Å²) in [5.74, 6) is 2.95. The molecule has 2 fully saturated rings. The fourth-order valence-electron chi connectivity index (χ4n) is 3.30. The van der Waals surface area contributed by atoms with Gasteiger partial charge in [0.2, 0.25) is 5.91 Å². The monoisotopic (exact) mass is 337 g/mol. The number of amides is 1. The van der Waals surface area contributed by atoms with E-state index in [0.717, 1.165) is 40.5 Å². The molecule has 3 nitrogen and oxygen atoms in total. The van der Waals surface area contributed by atoms with Crippen LogP contribution in [-0.4, -0.2) is 13.0 Å². The third kappa shape index (κ3) is 2.71. The molecule has 2 saturated carbocycles. The maximum Gasteiger partial charge on any atom is 0.223 e. The quantitative estimate of drug-likeness (QED) is 0.909. The summed E-state index contributed by atoms with van der Waals surface area (Å²) in [5.41, 5.74) is 1.09.